The van der Waals surface area contributed by atoms with Crippen molar-refractivity contribution < 1.29 is 18.0 Å². The Morgan fingerprint density at radius 3 is 2.19 bits per heavy atom. The van der Waals surface area contributed by atoms with Crippen LogP contribution >= 0.6 is 11.6 Å². The first-order chi connectivity index (χ1) is 17.6. The highest BCUT2D eigenvalue weighted by molar-refractivity contribution is 7.92. The highest BCUT2D eigenvalue weighted by atomic mass is 35.5. The second-order valence-electron chi connectivity index (χ2n) is 8.72. The zero-order valence-electron chi connectivity index (χ0n) is 21.2. The number of sulfonamides is 1. The molecule has 0 spiro atoms. The topological polar surface area (TPSA) is 86.8 Å². The van der Waals surface area contributed by atoms with Gasteiger partial charge in [-0.05, 0) is 67.8 Å². The lowest BCUT2D eigenvalue weighted by Crippen LogP contribution is -2.51. The SMILES string of the molecule is CCCNC(=O)[C@H](C)N(Cc1ccccc1C)C(=O)CN(c1ccc(Cl)cc1)S(=O)(=O)c1ccccc1. The van der Waals surface area contributed by atoms with E-state index in [1.54, 1.807) is 49.4 Å². The number of benzene rings is 3. The lowest BCUT2D eigenvalue weighted by Gasteiger charge is -2.32. The molecule has 7 nitrogen and oxygen atoms in total. The number of hydrogen-bond acceptors (Lipinski definition) is 4. The normalized spacial score (nSPS) is 12.0. The standard InChI is InChI=1S/C28H32ClN3O4S/c1-4-18-30-28(34)22(3)31(19-23-11-9-8-10-21(23)2)27(33)20-32(25-16-14-24(29)15-17-25)37(35,36)26-12-6-5-7-13-26/h5-17,22H,4,18-20H2,1-3H3,(H,30,34)/t22-/m0/s1. The van der Waals surface area contributed by atoms with E-state index >= 15 is 0 Å². The van der Waals surface area contributed by atoms with E-state index < -0.39 is 28.5 Å². The molecule has 3 rings (SSSR count). The number of nitrogens with one attached hydrogen (secondary N) is 1. The minimum atomic E-state index is -4.09. The van der Waals surface area contributed by atoms with E-state index in [9.17, 15) is 18.0 Å². The molecule has 9 heteroatoms. The Bertz CT molecular complexity index is 1310. The number of aryl methyl sites for hydroxylation is 1. The fraction of sp³-hybridized carbons (Fsp3) is 0.286. The van der Waals surface area contributed by atoms with Gasteiger partial charge in [0.15, 0.2) is 0 Å². The van der Waals surface area contributed by atoms with Crippen LogP contribution in [0.25, 0.3) is 0 Å². The Labute approximate surface area is 224 Å². The van der Waals surface area contributed by atoms with Crippen LogP contribution in [0.3, 0.4) is 0 Å². The number of halogens is 1. The Kier molecular flexibility index (Phi) is 9.72. The minimum Gasteiger partial charge on any atom is -0.354 e. The monoisotopic (exact) mass is 541 g/mol. The van der Waals surface area contributed by atoms with Gasteiger partial charge in [-0.3, -0.25) is 13.9 Å². The first kappa shape index (κ1) is 28.2. The fourth-order valence-corrected chi connectivity index (χ4v) is 5.37. The summed E-state index contributed by atoms with van der Waals surface area (Å²) < 4.78 is 28.4. The number of nitrogens with zero attached hydrogens (tertiary/aromatic N) is 2. The second kappa shape index (κ2) is 12.7. The van der Waals surface area contributed by atoms with Gasteiger partial charge in [-0.25, -0.2) is 8.42 Å². The smallest absolute Gasteiger partial charge is 0.264 e. The van der Waals surface area contributed by atoms with Crippen molar-refractivity contribution in [1.82, 2.24) is 10.2 Å². The summed E-state index contributed by atoms with van der Waals surface area (Å²) in [5.74, 6) is -0.801. The molecular formula is C28H32ClN3O4S. The van der Waals surface area contributed by atoms with Crippen LogP contribution in [-0.2, 0) is 26.2 Å². The summed E-state index contributed by atoms with van der Waals surface area (Å²) in [6.07, 6.45) is 0.754. The van der Waals surface area contributed by atoms with Gasteiger partial charge in [0.2, 0.25) is 11.8 Å². The number of amides is 2. The third-order valence-corrected chi connectivity index (χ3v) is 8.08. The molecule has 1 atom stereocenters. The molecule has 0 aliphatic rings. The fourth-order valence-electron chi connectivity index (χ4n) is 3.81. The third-order valence-electron chi connectivity index (χ3n) is 6.04. The molecular weight excluding hydrogens is 510 g/mol. The first-order valence-corrected chi connectivity index (χ1v) is 13.9. The summed E-state index contributed by atoms with van der Waals surface area (Å²) in [4.78, 5) is 28.2. The molecule has 0 aliphatic heterocycles. The quantitative estimate of drug-likeness (QED) is 0.378. The molecule has 3 aromatic rings. The Morgan fingerprint density at radius 1 is 0.946 bits per heavy atom. The van der Waals surface area contributed by atoms with E-state index in [0.29, 0.717) is 17.3 Å². The van der Waals surface area contributed by atoms with Crippen molar-refractivity contribution in [3.05, 3.63) is 95.0 Å². The average molecular weight is 542 g/mol. The van der Waals surface area contributed by atoms with Gasteiger partial charge in [0, 0.05) is 18.1 Å². The third kappa shape index (κ3) is 7.11. The van der Waals surface area contributed by atoms with Gasteiger partial charge in [-0.1, -0.05) is 61.0 Å². The number of carbonyl (C=O) groups excluding carboxylic acids is 2. The van der Waals surface area contributed by atoms with E-state index in [-0.39, 0.29) is 17.3 Å². The van der Waals surface area contributed by atoms with Crippen molar-refractivity contribution in [2.45, 2.75) is 44.7 Å². The maximum Gasteiger partial charge on any atom is 0.264 e. The molecule has 196 valence electrons. The molecule has 0 heterocycles. The van der Waals surface area contributed by atoms with Gasteiger partial charge in [-0.15, -0.1) is 0 Å². The van der Waals surface area contributed by atoms with E-state index in [4.69, 9.17) is 11.6 Å². The number of rotatable bonds is 11. The molecule has 3 aromatic carbocycles. The zero-order valence-corrected chi connectivity index (χ0v) is 22.8. The molecule has 2 amide bonds. The van der Waals surface area contributed by atoms with Crippen LogP contribution in [0.15, 0.2) is 83.8 Å². The molecule has 0 fully saturated rings. The summed E-state index contributed by atoms with van der Waals surface area (Å²) in [7, 11) is -4.09. The van der Waals surface area contributed by atoms with Gasteiger partial charge in [-0.2, -0.15) is 0 Å². The highest BCUT2D eigenvalue weighted by Crippen LogP contribution is 2.26. The highest BCUT2D eigenvalue weighted by Gasteiger charge is 2.32. The molecule has 0 saturated carbocycles. The van der Waals surface area contributed by atoms with Gasteiger partial charge >= 0.3 is 0 Å². The van der Waals surface area contributed by atoms with E-state index in [1.165, 1.54) is 17.0 Å². The van der Waals surface area contributed by atoms with Crippen molar-refractivity contribution in [1.29, 1.82) is 0 Å². The number of hydrogen-bond donors (Lipinski definition) is 1. The summed E-state index contributed by atoms with van der Waals surface area (Å²) in [5.41, 5.74) is 2.13. The number of anilines is 1. The zero-order chi connectivity index (χ0) is 27.0. The van der Waals surface area contributed by atoms with E-state index in [1.807, 2.05) is 38.1 Å². The largest absolute Gasteiger partial charge is 0.354 e. The lowest BCUT2D eigenvalue weighted by molar-refractivity contribution is -0.139. The average Bonchev–Trinajstić information content (AvgIpc) is 2.90. The first-order valence-electron chi connectivity index (χ1n) is 12.1. The second-order valence-corrected chi connectivity index (χ2v) is 11.0. The molecule has 1 N–H and O–H groups in total. The molecule has 37 heavy (non-hydrogen) atoms. The summed E-state index contributed by atoms with van der Waals surface area (Å²) in [6, 6.07) is 21.0. The van der Waals surface area contributed by atoms with Crippen LogP contribution in [-0.4, -0.2) is 44.3 Å². The minimum absolute atomic E-state index is 0.0527. The van der Waals surface area contributed by atoms with Gasteiger partial charge in [0.1, 0.15) is 12.6 Å². The van der Waals surface area contributed by atoms with Crippen molar-refractivity contribution in [3.8, 4) is 0 Å². The predicted octanol–water partition coefficient (Wildman–Crippen LogP) is 4.79. The van der Waals surface area contributed by atoms with Crippen LogP contribution in [0.1, 0.15) is 31.4 Å². The Hall–Kier alpha value is -3.36. The Morgan fingerprint density at radius 2 is 1.57 bits per heavy atom. The summed E-state index contributed by atoms with van der Waals surface area (Å²) >= 11 is 6.04. The van der Waals surface area contributed by atoms with Gasteiger partial charge in [0.25, 0.3) is 10.0 Å². The number of carbonyl (C=O) groups is 2. The van der Waals surface area contributed by atoms with Crippen LogP contribution in [0, 0.1) is 6.92 Å². The molecule has 0 bridgehead atoms. The van der Waals surface area contributed by atoms with Crippen molar-refractivity contribution in [2.75, 3.05) is 17.4 Å². The van der Waals surface area contributed by atoms with Gasteiger partial charge in [0.05, 0.1) is 10.6 Å². The van der Waals surface area contributed by atoms with Crippen LogP contribution in [0.5, 0.6) is 0 Å². The maximum absolute atomic E-state index is 13.8. The van der Waals surface area contributed by atoms with Gasteiger partial charge < -0.3 is 10.2 Å². The maximum atomic E-state index is 13.8. The molecule has 0 radical (unpaired) electrons. The Balaban J connectivity index is 2.01. The summed E-state index contributed by atoms with van der Waals surface area (Å²) in [5, 5.41) is 3.28. The predicted molar refractivity (Wildman–Crippen MR) is 147 cm³/mol. The van der Waals surface area contributed by atoms with Crippen LogP contribution in [0.2, 0.25) is 5.02 Å². The molecule has 0 unspecified atom stereocenters. The van der Waals surface area contributed by atoms with E-state index in [2.05, 4.69) is 5.32 Å². The van der Waals surface area contributed by atoms with Crippen LogP contribution in [0.4, 0.5) is 5.69 Å². The van der Waals surface area contributed by atoms with Crippen molar-refractivity contribution in [3.63, 3.8) is 0 Å². The van der Waals surface area contributed by atoms with E-state index in [0.717, 1.165) is 21.9 Å². The molecule has 0 saturated heterocycles. The molecule has 0 aromatic heterocycles. The summed E-state index contributed by atoms with van der Waals surface area (Å²) in [6.45, 7) is 5.68. The van der Waals surface area contributed by atoms with Crippen molar-refractivity contribution in [2.24, 2.45) is 0 Å². The molecule has 0 aliphatic carbocycles. The lowest BCUT2D eigenvalue weighted by atomic mass is 10.1. The van der Waals surface area contributed by atoms with Crippen molar-refractivity contribution >= 4 is 39.1 Å². The van der Waals surface area contributed by atoms with Crippen LogP contribution < -0.4 is 9.62 Å².